The lowest BCUT2D eigenvalue weighted by Gasteiger charge is -2.13. The molecule has 0 amide bonds. The highest BCUT2D eigenvalue weighted by Gasteiger charge is 2.22. The van der Waals surface area contributed by atoms with Crippen molar-refractivity contribution in [2.45, 2.75) is 19.5 Å². The molecule has 0 bridgehead atoms. The van der Waals surface area contributed by atoms with Crippen LogP contribution in [0.15, 0.2) is 18.5 Å². The summed E-state index contributed by atoms with van der Waals surface area (Å²) in [6.45, 7) is 3.28. The van der Waals surface area contributed by atoms with Crippen molar-refractivity contribution in [3.05, 3.63) is 29.6 Å². The molecule has 1 atom stereocenters. The minimum absolute atomic E-state index is 0.540. The standard InChI is InChI=1S/C9H12N2/c1-7-9-5-10-4-3-8(9)6-11(7)2/h3-5,7H,6H2,1-2H3. The summed E-state index contributed by atoms with van der Waals surface area (Å²) < 4.78 is 0. The molecule has 1 aromatic rings. The predicted octanol–water partition coefficient (Wildman–Crippen LogP) is 1.59. The Morgan fingerprint density at radius 3 is 3.18 bits per heavy atom. The molecule has 0 saturated heterocycles. The van der Waals surface area contributed by atoms with Crippen LogP contribution in [0.25, 0.3) is 0 Å². The normalized spacial score (nSPS) is 23.6. The lowest BCUT2D eigenvalue weighted by molar-refractivity contribution is 0.286. The molecular weight excluding hydrogens is 136 g/mol. The zero-order valence-corrected chi connectivity index (χ0v) is 6.91. The van der Waals surface area contributed by atoms with Gasteiger partial charge in [-0.25, -0.2) is 0 Å². The summed E-state index contributed by atoms with van der Waals surface area (Å²) >= 11 is 0. The van der Waals surface area contributed by atoms with Gasteiger partial charge in [-0.3, -0.25) is 9.88 Å². The Kier molecular flexibility index (Phi) is 1.43. The Balaban J connectivity index is 2.47. The van der Waals surface area contributed by atoms with Gasteiger partial charge in [-0.15, -0.1) is 0 Å². The van der Waals surface area contributed by atoms with E-state index in [9.17, 15) is 0 Å². The van der Waals surface area contributed by atoms with E-state index in [1.165, 1.54) is 11.1 Å². The van der Waals surface area contributed by atoms with Gasteiger partial charge in [0.2, 0.25) is 0 Å². The molecule has 2 heterocycles. The van der Waals surface area contributed by atoms with Crippen LogP contribution < -0.4 is 0 Å². The van der Waals surface area contributed by atoms with E-state index in [-0.39, 0.29) is 0 Å². The molecule has 1 aromatic heterocycles. The van der Waals surface area contributed by atoms with E-state index >= 15 is 0 Å². The van der Waals surface area contributed by atoms with Crippen LogP contribution in [0.3, 0.4) is 0 Å². The predicted molar refractivity (Wildman–Crippen MR) is 44.1 cm³/mol. The van der Waals surface area contributed by atoms with E-state index in [1.807, 2.05) is 12.4 Å². The SMILES string of the molecule is CC1c2cnccc2CN1C. The van der Waals surface area contributed by atoms with Crippen molar-refractivity contribution < 1.29 is 0 Å². The smallest absolute Gasteiger partial charge is 0.0338 e. The summed E-state index contributed by atoms with van der Waals surface area (Å²) in [6.07, 6.45) is 3.84. The van der Waals surface area contributed by atoms with Gasteiger partial charge in [0.15, 0.2) is 0 Å². The van der Waals surface area contributed by atoms with Crippen LogP contribution in [0.4, 0.5) is 0 Å². The molecule has 2 nitrogen and oxygen atoms in total. The van der Waals surface area contributed by atoms with Crippen molar-refractivity contribution in [2.24, 2.45) is 0 Å². The maximum atomic E-state index is 4.11. The third kappa shape index (κ3) is 0.942. The van der Waals surface area contributed by atoms with Gasteiger partial charge >= 0.3 is 0 Å². The molecule has 0 spiro atoms. The van der Waals surface area contributed by atoms with Crippen LogP contribution in [-0.4, -0.2) is 16.9 Å². The summed E-state index contributed by atoms with van der Waals surface area (Å²) in [5, 5.41) is 0. The zero-order valence-electron chi connectivity index (χ0n) is 6.91. The first kappa shape index (κ1) is 6.80. The Morgan fingerprint density at radius 1 is 1.64 bits per heavy atom. The number of pyridine rings is 1. The topological polar surface area (TPSA) is 16.1 Å². The molecule has 0 aliphatic carbocycles. The molecule has 2 heteroatoms. The maximum Gasteiger partial charge on any atom is 0.0338 e. The molecule has 1 aliphatic heterocycles. The summed E-state index contributed by atoms with van der Waals surface area (Å²) in [5.74, 6) is 0. The van der Waals surface area contributed by atoms with Crippen LogP contribution in [0.2, 0.25) is 0 Å². The van der Waals surface area contributed by atoms with Crippen LogP contribution in [0.1, 0.15) is 24.1 Å². The summed E-state index contributed by atoms with van der Waals surface area (Å²) in [4.78, 5) is 6.44. The van der Waals surface area contributed by atoms with Gasteiger partial charge in [-0.1, -0.05) is 0 Å². The Hall–Kier alpha value is -0.890. The first-order chi connectivity index (χ1) is 5.29. The lowest BCUT2D eigenvalue weighted by atomic mass is 10.1. The van der Waals surface area contributed by atoms with Crippen molar-refractivity contribution >= 4 is 0 Å². The third-order valence-corrected chi connectivity index (χ3v) is 2.48. The van der Waals surface area contributed by atoms with Crippen molar-refractivity contribution in [1.82, 2.24) is 9.88 Å². The first-order valence-corrected chi connectivity index (χ1v) is 3.92. The Bertz CT molecular complexity index is 270. The van der Waals surface area contributed by atoms with E-state index in [0.717, 1.165) is 6.54 Å². The molecule has 0 radical (unpaired) electrons. The van der Waals surface area contributed by atoms with E-state index in [4.69, 9.17) is 0 Å². The second-order valence-electron chi connectivity index (χ2n) is 3.17. The minimum Gasteiger partial charge on any atom is -0.295 e. The molecule has 58 valence electrons. The molecule has 0 aromatic carbocycles. The van der Waals surface area contributed by atoms with Crippen molar-refractivity contribution in [3.8, 4) is 0 Å². The number of nitrogens with zero attached hydrogens (tertiary/aromatic N) is 2. The molecular formula is C9H12N2. The minimum atomic E-state index is 0.540. The van der Waals surface area contributed by atoms with Gasteiger partial charge < -0.3 is 0 Å². The average Bonchev–Trinajstić information content (AvgIpc) is 2.30. The van der Waals surface area contributed by atoms with Crippen molar-refractivity contribution in [2.75, 3.05) is 7.05 Å². The Labute approximate surface area is 66.9 Å². The monoisotopic (exact) mass is 148 g/mol. The molecule has 2 rings (SSSR count). The molecule has 0 saturated carbocycles. The van der Waals surface area contributed by atoms with Crippen molar-refractivity contribution in [3.63, 3.8) is 0 Å². The number of hydrogen-bond donors (Lipinski definition) is 0. The summed E-state index contributed by atoms with van der Waals surface area (Å²) in [7, 11) is 2.14. The average molecular weight is 148 g/mol. The fourth-order valence-corrected chi connectivity index (χ4v) is 1.60. The molecule has 1 unspecified atom stereocenters. The summed E-state index contributed by atoms with van der Waals surface area (Å²) in [5.41, 5.74) is 2.81. The van der Waals surface area contributed by atoms with Crippen LogP contribution in [0, 0.1) is 0 Å². The van der Waals surface area contributed by atoms with Crippen LogP contribution in [0.5, 0.6) is 0 Å². The highest BCUT2D eigenvalue weighted by atomic mass is 15.1. The van der Waals surface area contributed by atoms with Crippen LogP contribution >= 0.6 is 0 Å². The fraction of sp³-hybridized carbons (Fsp3) is 0.444. The molecule has 1 aliphatic rings. The van der Waals surface area contributed by atoms with E-state index < -0.39 is 0 Å². The third-order valence-electron chi connectivity index (χ3n) is 2.48. The van der Waals surface area contributed by atoms with Crippen LogP contribution in [-0.2, 0) is 6.54 Å². The number of hydrogen-bond acceptors (Lipinski definition) is 2. The number of aromatic nitrogens is 1. The van der Waals surface area contributed by atoms with Gasteiger partial charge in [-0.2, -0.15) is 0 Å². The van der Waals surface area contributed by atoms with Crippen molar-refractivity contribution in [1.29, 1.82) is 0 Å². The molecule has 0 fully saturated rings. The second-order valence-corrected chi connectivity index (χ2v) is 3.17. The number of rotatable bonds is 0. The van der Waals surface area contributed by atoms with Gasteiger partial charge in [0, 0.05) is 25.0 Å². The van der Waals surface area contributed by atoms with Gasteiger partial charge in [0.25, 0.3) is 0 Å². The Morgan fingerprint density at radius 2 is 2.45 bits per heavy atom. The second kappa shape index (κ2) is 2.31. The highest BCUT2D eigenvalue weighted by molar-refractivity contribution is 5.30. The van der Waals surface area contributed by atoms with Gasteiger partial charge in [0.05, 0.1) is 0 Å². The number of fused-ring (bicyclic) bond motifs is 1. The van der Waals surface area contributed by atoms with Gasteiger partial charge in [-0.05, 0) is 31.2 Å². The fourth-order valence-electron chi connectivity index (χ4n) is 1.60. The largest absolute Gasteiger partial charge is 0.295 e. The maximum absolute atomic E-state index is 4.11. The quantitative estimate of drug-likeness (QED) is 0.555. The van der Waals surface area contributed by atoms with E-state index in [0.29, 0.717) is 6.04 Å². The van der Waals surface area contributed by atoms with E-state index in [1.54, 1.807) is 0 Å². The first-order valence-electron chi connectivity index (χ1n) is 3.92. The molecule has 0 N–H and O–H groups in total. The van der Waals surface area contributed by atoms with Gasteiger partial charge in [0.1, 0.15) is 0 Å². The lowest BCUT2D eigenvalue weighted by Crippen LogP contribution is -2.12. The van der Waals surface area contributed by atoms with E-state index in [2.05, 4.69) is 29.9 Å². The summed E-state index contributed by atoms with van der Waals surface area (Å²) in [6, 6.07) is 2.65. The molecule has 11 heavy (non-hydrogen) atoms. The highest BCUT2D eigenvalue weighted by Crippen LogP contribution is 2.30. The zero-order chi connectivity index (χ0) is 7.84.